The molecule has 0 aliphatic rings. The first-order chi connectivity index (χ1) is 9.08. The van der Waals surface area contributed by atoms with E-state index in [0.29, 0.717) is 13.1 Å². The minimum absolute atomic E-state index is 0.115. The Bertz CT molecular complexity index is 457. The Morgan fingerprint density at radius 2 is 2.42 bits per heavy atom. The molecule has 8 nitrogen and oxygen atoms in total. The van der Waals surface area contributed by atoms with Crippen LogP contribution in [0.25, 0.3) is 0 Å². The molecule has 0 fully saturated rings. The van der Waals surface area contributed by atoms with E-state index in [1.54, 1.807) is 6.08 Å². The number of aliphatic hydroxyl groups excluding tert-OH is 1. The van der Waals surface area contributed by atoms with Gasteiger partial charge in [-0.2, -0.15) is 0 Å². The normalized spacial score (nSPS) is 10.2. The average molecular weight is 268 g/mol. The number of amides is 1. The van der Waals surface area contributed by atoms with Gasteiger partial charge in [0.15, 0.2) is 0 Å². The molecule has 0 bridgehead atoms. The maximum Gasteiger partial charge on any atom is 0.381 e. The highest BCUT2D eigenvalue weighted by Crippen LogP contribution is 2.06. The molecule has 1 aromatic heterocycles. The SMILES string of the molecule is C=CCN(CCO)C(=O)CCn1cnc([N+](=O)[O-])c1. The Balaban J connectivity index is 2.51. The number of hydrogen-bond acceptors (Lipinski definition) is 5. The van der Waals surface area contributed by atoms with Crippen LogP contribution in [0.2, 0.25) is 0 Å². The van der Waals surface area contributed by atoms with E-state index in [1.807, 2.05) is 0 Å². The molecule has 0 spiro atoms. The fraction of sp³-hybridized carbons (Fsp3) is 0.455. The van der Waals surface area contributed by atoms with Crippen LogP contribution < -0.4 is 0 Å². The highest BCUT2D eigenvalue weighted by atomic mass is 16.6. The van der Waals surface area contributed by atoms with Crippen LogP contribution in [0.3, 0.4) is 0 Å². The summed E-state index contributed by atoms with van der Waals surface area (Å²) in [4.78, 5) is 26.8. The van der Waals surface area contributed by atoms with Crippen LogP contribution in [0.15, 0.2) is 25.2 Å². The number of hydrogen-bond donors (Lipinski definition) is 1. The van der Waals surface area contributed by atoms with Crippen LogP contribution in [0.5, 0.6) is 0 Å². The Kier molecular flexibility index (Phi) is 5.68. The number of carbonyl (C=O) groups excluding carboxylic acids is 1. The van der Waals surface area contributed by atoms with E-state index < -0.39 is 4.92 Å². The third-order valence-electron chi connectivity index (χ3n) is 2.46. The number of aromatic nitrogens is 2. The van der Waals surface area contributed by atoms with Gasteiger partial charge in [-0.25, -0.2) is 0 Å². The molecule has 1 amide bonds. The van der Waals surface area contributed by atoms with Crippen molar-refractivity contribution in [1.82, 2.24) is 14.5 Å². The molecule has 0 aliphatic carbocycles. The van der Waals surface area contributed by atoms with Crippen molar-refractivity contribution in [3.8, 4) is 0 Å². The molecular weight excluding hydrogens is 252 g/mol. The number of carbonyl (C=O) groups is 1. The van der Waals surface area contributed by atoms with Crippen molar-refractivity contribution < 1.29 is 14.8 Å². The molecule has 0 unspecified atom stereocenters. The van der Waals surface area contributed by atoms with Gasteiger partial charge in [-0.3, -0.25) is 4.79 Å². The van der Waals surface area contributed by atoms with Gasteiger partial charge in [-0.1, -0.05) is 6.08 Å². The zero-order valence-corrected chi connectivity index (χ0v) is 10.4. The quantitative estimate of drug-likeness (QED) is 0.412. The van der Waals surface area contributed by atoms with Crippen LogP contribution in [0, 0.1) is 10.1 Å². The van der Waals surface area contributed by atoms with E-state index >= 15 is 0 Å². The van der Waals surface area contributed by atoms with Crippen molar-refractivity contribution in [3.05, 3.63) is 35.3 Å². The first kappa shape index (κ1) is 14.8. The van der Waals surface area contributed by atoms with E-state index in [9.17, 15) is 14.9 Å². The lowest BCUT2D eigenvalue weighted by Crippen LogP contribution is -2.34. The van der Waals surface area contributed by atoms with Crippen LogP contribution in [0.4, 0.5) is 5.82 Å². The highest BCUT2D eigenvalue weighted by molar-refractivity contribution is 5.76. The second-order valence-electron chi connectivity index (χ2n) is 3.83. The van der Waals surface area contributed by atoms with Gasteiger partial charge in [0.1, 0.15) is 6.20 Å². The average Bonchev–Trinajstić information content (AvgIpc) is 2.84. The number of rotatable bonds is 8. The first-order valence-corrected chi connectivity index (χ1v) is 5.74. The second kappa shape index (κ2) is 7.27. The van der Waals surface area contributed by atoms with Crippen molar-refractivity contribution in [2.24, 2.45) is 0 Å². The Hall–Kier alpha value is -2.22. The lowest BCUT2D eigenvalue weighted by atomic mass is 10.3. The summed E-state index contributed by atoms with van der Waals surface area (Å²) < 4.78 is 1.49. The van der Waals surface area contributed by atoms with Crippen molar-refractivity contribution in [3.63, 3.8) is 0 Å². The molecule has 8 heteroatoms. The fourth-order valence-electron chi connectivity index (χ4n) is 1.54. The van der Waals surface area contributed by atoms with Crippen molar-refractivity contribution in [2.75, 3.05) is 19.7 Å². The maximum atomic E-state index is 11.8. The summed E-state index contributed by atoms with van der Waals surface area (Å²) >= 11 is 0. The molecule has 1 aromatic rings. The van der Waals surface area contributed by atoms with Gasteiger partial charge in [0, 0.05) is 26.1 Å². The smallest absolute Gasteiger partial charge is 0.381 e. The monoisotopic (exact) mass is 268 g/mol. The standard InChI is InChI=1S/C11H16N4O4/c1-2-4-14(6-7-16)11(17)3-5-13-8-10(12-9-13)15(18)19/h2,8-9,16H,1,3-7H2. The summed E-state index contributed by atoms with van der Waals surface area (Å²) in [6.45, 7) is 4.34. The molecular formula is C11H16N4O4. The Morgan fingerprint density at radius 1 is 1.68 bits per heavy atom. The highest BCUT2D eigenvalue weighted by Gasteiger charge is 2.14. The van der Waals surface area contributed by atoms with Gasteiger partial charge in [0.2, 0.25) is 12.2 Å². The Morgan fingerprint density at radius 3 is 2.95 bits per heavy atom. The molecule has 0 saturated carbocycles. The number of aliphatic hydroxyl groups is 1. The van der Waals surface area contributed by atoms with Crippen molar-refractivity contribution >= 4 is 11.7 Å². The number of aryl methyl sites for hydroxylation is 1. The van der Waals surface area contributed by atoms with Gasteiger partial charge < -0.3 is 24.7 Å². The zero-order chi connectivity index (χ0) is 14.3. The predicted molar refractivity (Wildman–Crippen MR) is 67.4 cm³/mol. The molecule has 0 aliphatic heterocycles. The summed E-state index contributed by atoms with van der Waals surface area (Å²) in [6.07, 6.45) is 4.35. The number of nitro groups is 1. The summed E-state index contributed by atoms with van der Waals surface area (Å²) in [5.41, 5.74) is 0. The molecule has 104 valence electrons. The van der Waals surface area contributed by atoms with Gasteiger partial charge in [0.05, 0.1) is 6.61 Å². The molecule has 19 heavy (non-hydrogen) atoms. The largest absolute Gasteiger partial charge is 0.395 e. The van der Waals surface area contributed by atoms with E-state index in [4.69, 9.17) is 5.11 Å². The lowest BCUT2D eigenvalue weighted by molar-refractivity contribution is -0.389. The molecule has 1 N–H and O–H groups in total. The third-order valence-corrected chi connectivity index (χ3v) is 2.46. The number of imidazole rings is 1. The number of nitrogens with zero attached hydrogens (tertiary/aromatic N) is 4. The summed E-state index contributed by atoms with van der Waals surface area (Å²) in [5, 5.41) is 19.3. The molecule has 1 rings (SSSR count). The zero-order valence-electron chi connectivity index (χ0n) is 10.4. The third kappa shape index (κ3) is 4.51. The minimum atomic E-state index is -0.589. The predicted octanol–water partition coefficient (Wildman–Crippen LogP) is 0.188. The van der Waals surface area contributed by atoms with Gasteiger partial charge >= 0.3 is 5.82 Å². The molecule has 1 heterocycles. The summed E-state index contributed by atoms with van der Waals surface area (Å²) in [6, 6.07) is 0. The van der Waals surface area contributed by atoms with Gasteiger partial charge in [0.25, 0.3) is 0 Å². The van der Waals surface area contributed by atoms with Crippen LogP contribution in [-0.2, 0) is 11.3 Å². The van der Waals surface area contributed by atoms with Gasteiger partial charge in [-0.15, -0.1) is 6.58 Å². The van der Waals surface area contributed by atoms with E-state index in [0.717, 1.165) is 0 Å². The molecule has 0 aromatic carbocycles. The van der Waals surface area contributed by atoms with Crippen molar-refractivity contribution in [2.45, 2.75) is 13.0 Å². The maximum absolute atomic E-state index is 11.8. The minimum Gasteiger partial charge on any atom is -0.395 e. The van der Waals surface area contributed by atoms with Crippen LogP contribution >= 0.6 is 0 Å². The van der Waals surface area contributed by atoms with E-state index in [1.165, 1.54) is 22.0 Å². The molecule has 0 saturated heterocycles. The van der Waals surface area contributed by atoms with Gasteiger partial charge in [-0.05, 0) is 9.91 Å². The molecule has 0 radical (unpaired) electrons. The Labute approximate surface area is 110 Å². The first-order valence-electron chi connectivity index (χ1n) is 5.74. The lowest BCUT2D eigenvalue weighted by Gasteiger charge is -2.19. The summed E-state index contributed by atoms with van der Waals surface area (Å²) in [5.74, 6) is -0.393. The topological polar surface area (TPSA) is 102 Å². The second-order valence-corrected chi connectivity index (χ2v) is 3.83. The van der Waals surface area contributed by atoms with E-state index in [-0.39, 0.29) is 31.3 Å². The van der Waals surface area contributed by atoms with E-state index in [2.05, 4.69) is 11.6 Å². The van der Waals surface area contributed by atoms with Crippen LogP contribution in [0.1, 0.15) is 6.42 Å². The summed E-state index contributed by atoms with van der Waals surface area (Å²) in [7, 11) is 0. The van der Waals surface area contributed by atoms with Crippen molar-refractivity contribution in [1.29, 1.82) is 0 Å². The molecule has 0 atom stereocenters. The van der Waals surface area contributed by atoms with Crippen LogP contribution in [-0.4, -0.2) is 50.1 Å². The fourth-order valence-corrected chi connectivity index (χ4v) is 1.54.